The van der Waals surface area contributed by atoms with Crippen molar-refractivity contribution in [1.29, 1.82) is 0 Å². The van der Waals surface area contributed by atoms with Crippen LogP contribution in [0.4, 0.5) is 17.1 Å². The lowest BCUT2D eigenvalue weighted by Crippen LogP contribution is -2.55. The van der Waals surface area contributed by atoms with E-state index in [-0.39, 0.29) is 5.41 Å². The minimum atomic E-state index is 0.124. The maximum absolute atomic E-state index is 6.27. The Morgan fingerprint density at radius 1 is 0.462 bits per heavy atom. The summed E-state index contributed by atoms with van der Waals surface area (Å²) in [5.74, 6) is 3.31. The smallest absolute Gasteiger partial charge is 0.136 e. The Bertz CT molecular complexity index is 2680. The Morgan fingerprint density at radius 2 is 1.12 bits per heavy atom. The number of rotatable bonds is 4. The summed E-state index contributed by atoms with van der Waals surface area (Å²) < 4.78 is 6.27. The lowest BCUT2D eigenvalue weighted by atomic mass is 9.43. The molecule has 0 atom stereocenters. The molecule has 7 aromatic carbocycles. The van der Waals surface area contributed by atoms with Gasteiger partial charge in [-0.2, -0.15) is 0 Å². The van der Waals surface area contributed by atoms with Crippen molar-refractivity contribution in [2.45, 2.75) is 37.5 Å². The van der Waals surface area contributed by atoms with E-state index in [4.69, 9.17) is 4.42 Å². The van der Waals surface area contributed by atoms with Gasteiger partial charge in [-0.1, -0.05) is 103 Å². The van der Waals surface area contributed by atoms with Crippen molar-refractivity contribution < 1.29 is 4.42 Å². The van der Waals surface area contributed by atoms with Crippen LogP contribution in [-0.2, 0) is 5.41 Å². The van der Waals surface area contributed by atoms with E-state index in [1.54, 1.807) is 11.1 Å². The zero-order valence-electron chi connectivity index (χ0n) is 29.1. The fraction of sp³-hybridized carbons (Fsp3) is 0.200. The second-order valence-electron chi connectivity index (χ2n) is 16.1. The molecule has 5 aliphatic rings. The van der Waals surface area contributed by atoms with Crippen LogP contribution in [0.1, 0.15) is 43.2 Å². The van der Waals surface area contributed by atoms with E-state index >= 15 is 0 Å². The van der Waals surface area contributed by atoms with Gasteiger partial charge < -0.3 is 9.32 Å². The highest BCUT2D eigenvalue weighted by atomic mass is 16.3. The fourth-order valence-corrected chi connectivity index (χ4v) is 11.8. The molecular weight excluding hydrogens is 631 g/mol. The molecule has 0 radical (unpaired) electrons. The third-order valence-electron chi connectivity index (χ3n) is 13.6. The van der Waals surface area contributed by atoms with Gasteiger partial charge in [-0.25, -0.2) is 0 Å². The average molecular weight is 670 g/mol. The first-order valence-electron chi connectivity index (χ1n) is 19.3. The third kappa shape index (κ3) is 3.96. The highest BCUT2D eigenvalue weighted by molar-refractivity contribution is 6.06. The second kappa shape index (κ2) is 10.7. The molecule has 8 aromatic rings. The first-order chi connectivity index (χ1) is 25.7. The van der Waals surface area contributed by atoms with Crippen LogP contribution >= 0.6 is 0 Å². The SMILES string of the molecule is c1ccc2c(c1)-c1ccc(N(c3ccc(-c4ccc5c(c4)oc4ccccc45)cc3)c3cccc4ccccc34)cc1C21C2CC3CC(C2)CC1C3. The quantitative estimate of drug-likeness (QED) is 0.185. The van der Waals surface area contributed by atoms with E-state index in [0.717, 1.165) is 51.2 Å². The third-order valence-corrected chi connectivity index (χ3v) is 13.6. The molecule has 250 valence electrons. The number of benzene rings is 7. The molecule has 4 saturated carbocycles. The lowest BCUT2D eigenvalue weighted by molar-refractivity contribution is -0.0399. The van der Waals surface area contributed by atoms with Crippen LogP contribution in [0.5, 0.6) is 0 Å². The number of furan rings is 1. The highest BCUT2D eigenvalue weighted by Crippen LogP contribution is 2.69. The Kier molecular flexibility index (Phi) is 5.98. The molecule has 4 fully saturated rings. The molecule has 0 unspecified atom stereocenters. The van der Waals surface area contributed by atoms with Gasteiger partial charge in [0.1, 0.15) is 11.2 Å². The normalized spacial score (nSPS) is 23.8. The first-order valence-corrected chi connectivity index (χ1v) is 19.3. The molecular formula is C50H39NO. The molecule has 1 heterocycles. The van der Waals surface area contributed by atoms with Gasteiger partial charge in [0, 0.05) is 32.9 Å². The number of hydrogen-bond donors (Lipinski definition) is 0. The van der Waals surface area contributed by atoms with Crippen molar-refractivity contribution >= 4 is 49.8 Å². The van der Waals surface area contributed by atoms with Gasteiger partial charge in [0.15, 0.2) is 0 Å². The van der Waals surface area contributed by atoms with Crippen LogP contribution in [-0.4, -0.2) is 0 Å². The van der Waals surface area contributed by atoms with Crippen LogP contribution in [0.3, 0.4) is 0 Å². The summed E-state index contributed by atoms with van der Waals surface area (Å²) in [6, 6.07) is 56.6. The average Bonchev–Trinajstić information content (AvgIpc) is 3.70. The van der Waals surface area contributed by atoms with Gasteiger partial charge in [-0.3, -0.25) is 0 Å². The number of fused-ring (bicyclic) bond motifs is 7. The molecule has 13 rings (SSSR count). The van der Waals surface area contributed by atoms with E-state index < -0.39 is 0 Å². The van der Waals surface area contributed by atoms with Crippen LogP contribution in [0.2, 0.25) is 0 Å². The fourth-order valence-electron chi connectivity index (χ4n) is 11.8. The van der Waals surface area contributed by atoms with E-state index in [0.29, 0.717) is 0 Å². The Hall–Kier alpha value is -5.60. The summed E-state index contributed by atoms with van der Waals surface area (Å²) in [5, 5.41) is 4.84. The van der Waals surface area contributed by atoms with E-state index in [1.165, 1.54) is 76.6 Å². The van der Waals surface area contributed by atoms with Crippen molar-refractivity contribution in [2.75, 3.05) is 4.90 Å². The van der Waals surface area contributed by atoms with Crippen LogP contribution < -0.4 is 4.90 Å². The van der Waals surface area contributed by atoms with Gasteiger partial charge in [0.2, 0.25) is 0 Å². The minimum Gasteiger partial charge on any atom is -0.456 e. The molecule has 1 spiro atoms. The highest BCUT2D eigenvalue weighted by Gasteiger charge is 2.61. The molecule has 0 saturated heterocycles. The summed E-state index contributed by atoms with van der Waals surface area (Å²) in [5.41, 5.74) is 14.1. The minimum absolute atomic E-state index is 0.124. The number of hydrogen-bond acceptors (Lipinski definition) is 2. The van der Waals surface area contributed by atoms with Crippen molar-refractivity contribution in [3.05, 3.63) is 163 Å². The van der Waals surface area contributed by atoms with Gasteiger partial charge in [0.25, 0.3) is 0 Å². The van der Waals surface area contributed by atoms with Crippen molar-refractivity contribution in [3.8, 4) is 22.3 Å². The van der Waals surface area contributed by atoms with Gasteiger partial charge in [-0.15, -0.1) is 0 Å². The molecule has 52 heavy (non-hydrogen) atoms. The molecule has 2 nitrogen and oxygen atoms in total. The summed E-state index contributed by atoms with van der Waals surface area (Å²) in [6.07, 6.45) is 7.02. The van der Waals surface area contributed by atoms with Crippen molar-refractivity contribution in [3.63, 3.8) is 0 Å². The maximum Gasteiger partial charge on any atom is 0.136 e. The van der Waals surface area contributed by atoms with Gasteiger partial charge in [-0.05, 0) is 143 Å². The Balaban J connectivity index is 1.02. The molecule has 2 heteroatoms. The topological polar surface area (TPSA) is 16.4 Å². The predicted molar refractivity (Wildman–Crippen MR) is 215 cm³/mol. The van der Waals surface area contributed by atoms with E-state index in [2.05, 4.69) is 144 Å². The molecule has 1 aromatic heterocycles. The van der Waals surface area contributed by atoms with Crippen molar-refractivity contribution in [2.24, 2.45) is 23.7 Å². The van der Waals surface area contributed by atoms with Crippen LogP contribution in [0.25, 0.3) is 55.0 Å². The van der Waals surface area contributed by atoms with Gasteiger partial charge >= 0.3 is 0 Å². The van der Waals surface area contributed by atoms with E-state index in [9.17, 15) is 0 Å². The molecule has 5 aliphatic carbocycles. The standard InChI is InChI=1S/C50H39NO/c1-2-10-40-34(8-1)9-7-14-47(40)51(38-19-16-33(17-20-38)35-18-22-44-43-12-4-6-15-48(43)52-49(44)29-35)39-21-23-42-41-11-3-5-13-45(41)50(46(42)30-39)36-25-31-24-32(27-36)28-37(50)26-31/h1-23,29-32,36-37H,24-28H2. The second-order valence-corrected chi connectivity index (χ2v) is 16.1. The molecule has 0 aliphatic heterocycles. The number of para-hydroxylation sites is 1. The summed E-state index contributed by atoms with van der Waals surface area (Å²) in [7, 11) is 0. The monoisotopic (exact) mass is 669 g/mol. The summed E-state index contributed by atoms with van der Waals surface area (Å²) in [4.78, 5) is 2.52. The number of anilines is 3. The predicted octanol–water partition coefficient (Wildman–Crippen LogP) is 13.6. The van der Waals surface area contributed by atoms with Crippen molar-refractivity contribution in [1.82, 2.24) is 0 Å². The van der Waals surface area contributed by atoms with Crippen LogP contribution in [0.15, 0.2) is 156 Å². The molecule has 0 N–H and O–H groups in total. The zero-order valence-corrected chi connectivity index (χ0v) is 29.1. The van der Waals surface area contributed by atoms with Gasteiger partial charge in [0.05, 0.1) is 5.69 Å². The first kappa shape index (κ1) is 29.0. The molecule has 4 bridgehead atoms. The summed E-state index contributed by atoms with van der Waals surface area (Å²) >= 11 is 0. The zero-order chi connectivity index (χ0) is 34.0. The maximum atomic E-state index is 6.27. The Morgan fingerprint density at radius 3 is 1.96 bits per heavy atom. The number of nitrogens with zero attached hydrogens (tertiary/aromatic N) is 1. The van der Waals surface area contributed by atoms with E-state index in [1.807, 2.05) is 12.1 Å². The largest absolute Gasteiger partial charge is 0.456 e. The molecule has 0 amide bonds. The Labute approximate surface area is 304 Å². The van der Waals surface area contributed by atoms with Crippen LogP contribution in [0, 0.1) is 23.7 Å². The summed E-state index contributed by atoms with van der Waals surface area (Å²) in [6.45, 7) is 0. The lowest BCUT2D eigenvalue weighted by Gasteiger charge is -2.61.